The summed E-state index contributed by atoms with van der Waals surface area (Å²) in [5.41, 5.74) is 5.83. The summed E-state index contributed by atoms with van der Waals surface area (Å²) >= 11 is 13.4. The normalized spacial score (nSPS) is 10.8. The lowest BCUT2D eigenvalue weighted by Crippen LogP contribution is -2.12. The minimum atomic E-state index is -0.328. The van der Waals surface area contributed by atoms with Crippen molar-refractivity contribution in [3.05, 3.63) is 68.0 Å². The van der Waals surface area contributed by atoms with Gasteiger partial charge in [-0.25, -0.2) is 4.98 Å². The molecule has 0 aliphatic rings. The van der Waals surface area contributed by atoms with Crippen molar-refractivity contribution < 1.29 is 4.79 Å². The lowest BCUT2D eigenvalue weighted by molar-refractivity contribution is 0.102. The van der Waals surface area contributed by atoms with Crippen LogP contribution in [0.1, 0.15) is 27.0 Å². The predicted octanol–water partition coefficient (Wildman–Crippen LogP) is 6.29. The van der Waals surface area contributed by atoms with Crippen LogP contribution in [0.15, 0.2) is 35.7 Å². The van der Waals surface area contributed by atoms with Crippen LogP contribution >= 0.6 is 34.5 Å². The third-order valence-corrected chi connectivity index (χ3v) is 5.43. The van der Waals surface area contributed by atoms with E-state index in [0.717, 1.165) is 11.3 Å². The van der Waals surface area contributed by atoms with E-state index in [9.17, 15) is 4.79 Å². The number of nitrogens with zero attached hydrogens (tertiary/aromatic N) is 1. The Morgan fingerprint density at radius 3 is 2.48 bits per heavy atom. The summed E-state index contributed by atoms with van der Waals surface area (Å²) in [5, 5.41) is 5.85. The number of benzene rings is 2. The van der Waals surface area contributed by atoms with Gasteiger partial charge in [0.25, 0.3) is 5.91 Å². The number of halogens is 2. The van der Waals surface area contributed by atoms with E-state index in [0.29, 0.717) is 15.7 Å². The maximum absolute atomic E-state index is 12.4. The largest absolute Gasteiger partial charge is 0.298 e. The van der Waals surface area contributed by atoms with Crippen LogP contribution in [0.5, 0.6) is 0 Å². The SMILES string of the molecule is Cc1cc(C)c(-c2csc(NC(=O)c3cccc(Cl)c3Cl)n2)c(C)c1. The van der Waals surface area contributed by atoms with Gasteiger partial charge in [-0.1, -0.05) is 47.0 Å². The lowest BCUT2D eigenvalue weighted by Gasteiger charge is -2.09. The predicted molar refractivity (Wildman–Crippen MR) is 106 cm³/mol. The van der Waals surface area contributed by atoms with Crippen LogP contribution in [-0.2, 0) is 0 Å². The molecular formula is C19H16Cl2N2OS. The quantitative estimate of drug-likeness (QED) is 0.570. The van der Waals surface area contributed by atoms with Crippen LogP contribution in [0.25, 0.3) is 11.3 Å². The number of aromatic nitrogens is 1. The number of hydrogen-bond acceptors (Lipinski definition) is 3. The van der Waals surface area contributed by atoms with Crippen molar-refractivity contribution in [2.24, 2.45) is 0 Å². The molecule has 0 unspecified atom stereocenters. The summed E-state index contributed by atoms with van der Waals surface area (Å²) in [7, 11) is 0. The second kappa shape index (κ2) is 7.16. The number of aryl methyl sites for hydroxylation is 3. The van der Waals surface area contributed by atoms with Crippen LogP contribution < -0.4 is 5.32 Å². The van der Waals surface area contributed by atoms with Gasteiger partial charge in [0.05, 0.1) is 21.3 Å². The van der Waals surface area contributed by atoms with Crippen LogP contribution in [0.2, 0.25) is 10.0 Å². The molecule has 1 amide bonds. The summed E-state index contributed by atoms with van der Waals surface area (Å²) in [6.07, 6.45) is 0. The maximum atomic E-state index is 12.4. The second-order valence-electron chi connectivity index (χ2n) is 5.87. The van der Waals surface area contributed by atoms with E-state index < -0.39 is 0 Å². The van der Waals surface area contributed by atoms with Crippen molar-refractivity contribution in [1.29, 1.82) is 0 Å². The number of rotatable bonds is 3. The molecule has 128 valence electrons. The molecule has 1 N–H and O–H groups in total. The zero-order valence-electron chi connectivity index (χ0n) is 14.0. The fourth-order valence-corrected chi connectivity index (χ4v) is 3.96. The molecule has 0 aliphatic heterocycles. The Kier molecular flexibility index (Phi) is 5.13. The molecular weight excluding hydrogens is 375 g/mol. The van der Waals surface area contributed by atoms with Gasteiger partial charge in [-0.05, 0) is 44.0 Å². The van der Waals surface area contributed by atoms with Crippen molar-refractivity contribution >= 4 is 45.6 Å². The van der Waals surface area contributed by atoms with E-state index in [2.05, 4.69) is 43.2 Å². The number of anilines is 1. The summed E-state index contributed by atoms with van der Waals surface area (Å²) in [4.78, 5) is 17.0. The molecule has 1 aromatic heterocycles. The van der Waals surface area contributed by atoms with Crippen molar-refractivity contribution in [3.8, 4) is 11.3 Å². The average Bonchev–Trinajstić information content (AvgIpc) is 2.97. The van der Waals surface area contributed by atoms with E-state index >= 15 is 0 Å². The molecule has 1 heterocycles. The fourth-order valence-electron chi connectivity index (χ4n) is 2.87. The summed E-state index contributed by atoms with van der Waals surface area (Å²) < 4.78 is 0. The first kappa shape index (κ1) is 17.9. The smallest absolute Gasteiger partial charge is 0.259 e. The first-order valence-electron chi connectivity index (χ1n) is 7.66. The van der Waals surface area contributed by atoms with Crippen LogP contribution in [0.4, 0.5) is 5.13 Å². The summed E-state index contributed by atoms with van der Waals surface area (Å²) in [6.45, 7) is 6.21. The standard InChI is InChI=1S/C19H16Cl2N2OS/c1-10-7-11(2)16(12(3)8-10)15-9-25-19(22-15)23-18(24)13-5-4-6-14(20)17(13)21/h4-9H,1-3H3,(H,22,23,24). The van der Waals surface area contributed by atoms with Crippen LogP contribution in [0.3, 0.4) is 0 Å². The lowest BCUT2D eigenvalue weighted by atomic mass is 9.98. The molecule has 0 aliphatic carbocycles. The highest BCUT2D eigenvalue weighted by Crippen LogP contribution is 2.32. The van der Waals surface area contributed by atoms with Crippen molar-refractivity contribution in [1.82, 2.24) is 4.98 Å². The minimum Gasteiger partial charge on any atom is -0.298 e. The molecule has 0 atom stereocenters. The number of hydrogen-bond donors (Lipinski definition) is 1. The monoisotopic (exact) mass is 390 g/mol. The van der Waals surface area contributed by atoms with E-state index in [1.807, 2.05) is 5.38 Å². The van der Waals surface area contributed by atoms with Gasteiger partial charge < -0.3 is 0 Å². The zero-order chi connectivity index (χ0) is 18.1. The number of carbonyl (C=O) groups is 1. The molecule has 0 bridgehead atoms. The molecule has 0 saturated heterocycles. The van der Waals surface area contributed by atoms with E-state index in [1.165, 1.54) is 28.0 Å². The highest BCUT2D eigenvalue weighted by atomic mass is 35.5. The Hall–Kier alpha value is -1.88. The van der Waals surface area contributed by atoms with Gasteiger partial charge in [0.15, 0.2) is 5.13 Å². The highest BCUT2D eigenvalue weighted by molar-refractivity contribution is 7.14. The van der Waals surface area contributed by atoms with Crippen molar-refractivity contribution in [2.75, 3.05) is 5.32 Å². The van der Waals surface area contributed by atoms with Gasteiger partial charge in [0.2, 0.25) is 0 Å². The molecule has 0 saturated carbocycles. The number of amides is 1. The number of carbonyl (C=O) groups excluding carboxylic acids is 1. The second-order valence-corrected chi connectivity index (χ2v) is 7.51. The van der Waals surface area contributed by atoms with Crippen LogP contribution in [-0.4, -0.2) is 10.9 Å². The van der Waals surface area contributed by atoms with E-state index in [1.54, 1.807) is 18.2 Å². The van der Waals surface area contributed by atoms with Gasteiger partial charge in [-0.2, -0.15) is 0 Å². The maximum Gasteiger partial charge on any atom is 0.259 e. The van der Waals surface area contributed by atoms with Crippen LogP contribution in [0, 0.1) is 20.8 Å². The first-order chi connectivity index (χ1) is 11.9. The van der Waals surface area contributed by atoms with Crippen molar-refractivity contribution in [3.63, 3.8) is 0 Å². The third kappa shape index (κ3) is 3.71. The Morgan fingerprint density at radius 2 is 1.80 bits per heavy atom. The van der Waals surface area contributed by atoms with E-state index in [4.69, 9.17) is 23.2 Å². The van der Waals surface area contributed by atoms with Gasteiger partial charge in [0.1, 0.15) is 0 Å². The molecule has 3 rings (SSSR count). The molecule has 3 nitrogen and oxygen atoms in total. The molecule has 3 aromatic rings. The summed E-state index contributed by atoms with van der Waals surface area (Å²) in [5.74, 6) is -0.328. The number of nitrogens with one attached hydrogen (secondary N) is 1. The fraction of sp³-hybridized carbons (Fsp3) is 0.158. The number of thiazole rings is 1. The van der Waals surface area contributed by atoms with Gasteiger partial charge >= 0.3 is 0 Å². The Bertz CT molecular complexity index is 943. The van der Waals surface area contributed by atoms with Crippen molar-refractivity contribution in [2.45, 2.75) is 20.8 Å². The topological polar surface area (TPSA) is 42.0 Å². The minimum absolute atomic E-state index is 0.240. The Balaban J connectivity index is 1.88. The Morgan fingerprint density at radius 1 is 1.12 bits per heavy atom. The molecule has 0 spiro atoms. The van der Waals surface area contributed by atoms with Gasteiger partial charge in [0, 0.05) is 10.9 Å². The van der Waals surface area contributed by atoms with Gasteiger partial charge in [-0.3, -0.25) is 10.1 Å². The third-order valence-electron chi connectivity index (χ3n) is 3.85. The first-order valence-corrected chi connectivity index (χ1v) is 9.29. The molecule has 0 radical (unpaired) electrons. The van der Waals surface area contributed by atoms with Gasteiger partial charge in [-0.15, -0.1) is 11.3 Å². The zero-order valence-corrected chi connectivity index (χ0v) is 16.3. The summed E-state index contributed by atoms with van der Waals surface area (Å²) in [6, 6.07) is 9.23. The molecule has 0 fully saturated rings. The molecule has 25 heavy (non-hydrogen) atoms. The van der Waals surface area contributed by atoms with E-state index in [-0.39, 0.29) is 10.9 Å². The Labute approximate surface area is 160 Å². The average molecular weight is 391 g/mol. The molecule has 2 aromatic carbocycles. The highest BCUT2D eigenvalue weighted by Gasteiger charge is 2.16. The molecule has 6 heteroatoms.